The molecule has 0 aliphatic heterocycles. The maximum absolute atomic E-state index is 10.2. The van der Waals surface area contributed by atoms with Gasteiger partial charge in [0.15, 0.2) is 0 Å². The second-order valence-electron chi connectivity index (χ2n) is 5.63. The van der Waals surface area contributed by atoms with Gasteiger partial charge >= 0.3 is 0 Å². The fraction of sp³-hybridized carbons (Fsp3) is 0.529. The summed E-state index contributed by atoms with van der Waals surface area (Å²) in [4.78, 5) is 0. The third-order valence-corrected chi connectivity index (χ3v) is 3.30. The van der Waals surface area contributed by atoms with E-state index in [1.54, 1.807) is 0 Å². The van der Waals surface area contributed by atoms with E-state index in [1.165, 1.54) is 11.1 Å². The van der Waals surface area contributed by atoms with Crippen molar-refractivity contribution in [3.63, 3.8) is 0 Å². The van der Waals surface area contributed by atoms with Gasteiger partial charge in [0.1, 0.15) is 0 Å². The second kappa shape index (κ2) is 7.38. The Morgan fingerprint density at radius 3 is 2.39 bits per heavy atom. The maximum atomic E-state index is 10.2. The van der Waals surface area contributed by atoms with Crippen molar-refractivity contribution < 1.29 is 5.11 Å². The molecule has 1 rings (SSSR count). The lowest BCUT2D eigenvalue weighted by Gasteiger charge is -2.16. The van der Waals surface area contributed by atoms with Crippen LogP contribution in [-0.4, -0.2) is 5.11 Å². The van der Waals surface area contributed by atoms with Crippen molar-refractivity contribution in [1.82, 2.24) is 0 Å². The van der Waals surface area contributed by atoms with Gasteiger partial charge in [0.25, 0.3) is 0 Å². The zero-order chi connectivity index (χ0) is 13.5. The number of benzene rings is 1. The first-order valence-corrected chi connectivity index (χ1v) is 6.87. The van der Waals surface area contributed by atoms with Crippen molar-refractivity contribution in [3.8, 4) is 0 Å². The summed E-state index contributed by atoms with van der Waals surface area (Å²) in [6.45, 7) is 8.55. The largest absolute Gasteiger partial charge is 0.388 e. The van der Waals surface area contributed by atoms with E-state index in [9.17, 15) is 5.11 Å². The highest BCUT2D eigenvalue weighted by molar-refractivity contribution is 5.23. The van der Waals surface area contributed by atoms with Crippen LogP contribution < -0.4 is 0 Å². The van der Waals surface area contributed by atoms with Crippen molar-refractivity contribution in [2.45, 2.75) is 53.1 Å². The van der Waals surface area contributed by atoms with Gasteiger partial charge in [-0.05, 0) is 51.5 Å². The molecule has 0 heterocycles. The average Bonchev–Trinajstić information content (AvgIpc) is 2.29. The Bertz CT molecular complexity index is 371. The lowest BCUT2D eigenvalue weighted by Crippen LogP contribution is -2.04. The van der Waals surface area contributed by atoms with E-state index in [0.717, 1.165) is 24.8 Å². The molecule has 0 aliphatic rings. The number of aliphatic hydroxyl groups excluding tert-OH is 1. The molecule has 0 amide bonds. The first kappa shape index (κ1) is 15.0. The summed E-state index contributed by atoms with van der Waals surface area (Å²) in [6.07, 6.45) is 5.06. The van der Waals surface area contributed by atoms with Crippen molar-refractivity contribution in [2.75, 3.05) is 0 Å². The van der Waals surface area contributed by atoms with Gasteiger partial charge in [-0.2, -0.15) is 0 Å². The molecule has 0 aromatic heterocycles. The van der Waals surface area contributed by atoms with Crippen LogP contribution in [0.15, 0.2) is 35.9 Å². The van der Waals surface area contributed by atoms with Gasteiger partial charge in [0.2, 0.25) is 0 Å². The summed E-state index contributed by atoms with van der Waals surface area (Å²) >= 11 is 0. The van der Waals surface area contributed by atoms with Crippen molar-refractivity contribution >= 4 is 0 Å². The number of rotatable bonds is 6. The molecule has 1 heteroatoms. The first-order valence-electron chi connectivity index (χ1n) is 6.87. The van der Waals surface area contributed by atoms with Crippen LogP contribution in [-0.2, 0) is 0 Å². The molecule has 2 atom stereocenters. The SMILES string of the molecule is CC(C)=CCCC(C)CC(O)c1ccc(C)cc1. The van der Waals surface area contributed by atoms with Crippen LogP contribution in [0, 0.1) is 12.8 Å². The van der Waals surface area contributed by atoms with E-state index >= 15 is 0 Å². The van der Waals surface area contributed by atoms with E-state index in [1.807, 2.05) is 12.1 Å². The Kier molecular flexibility index (Phi) is 6.14. The van der Waals surface area contributed by atoms with E-state index in [-0.39, 0.29) is 6.10 Å². The van der Waals surface area contributed by atoms with Crippen LogP contribution in [0.25, 0.3) is 0 Å². The Morgan fingerprint density at radius 2 is 1.83 bits per heavy atom. The molecule has 18 heavy (non-hydrogen) atoms. The molecule has 0 saturated heterocycles. The van der Waals surface area contributed by atoms with Crippen molar-refractivity contribution in [3.05, 3.63) is 47.0 Å². The van der Waals surface area contributed by atoms with Crippen LogP contribution >= 0.6 is 0 Å². The molecule has 0 saturated carbocycles. The monoisotopic (exact) mass is 246 g/mol. The maximum Gasteiger partial charge on any atom is 0.0792 e. The van der Waals surface area contributed by atoms with Crippen molar-refractivity contribution in [1.29, 1.82) is 0 Å². The predicted molar refractivity (Wildman–Crippen MR) is 78.6 cm³/mol. The summed E-state index contributed by atoms with van der Waals surface area (Å²) in [5.41, 5.74) is 3.65. The molecule has 100 valence electrons. The van der Waals surface area contributed by atoms with Gasteiger partial charge in [0, 0.05) is 0 Å². The fourth-order valence-corrected chi connectivity index (χ4v) is 2.08. The number of allylic oxidation sites excluding steroid dienone is 2. The van der Waals surface area contributed by atoms with Gasteiger partial charge in [-0.15, -0.1) is 0 Å². The molecule has 1 N–H and O–H groups in total. The van der Waals surface area contributed by atoms with Crippen LogP contribution in [0.3, 0.4) is 0 Å². The van der Waals surface area contributed by atoms with Crippen LogP contribution in [0.5, 0.6) is 0 Å². The molecule has 0 spiro atoms. The molecule has 0 radical (unpaired) electrons. The Morgan fingerprint density at radius 1 is 1.22 bits per heavy atom. The zero-order valence-corrected chi connectivity index (χ0v) is 12.1. The summed E-state index contributed by atoms with van der Waals surface area (Å²) < 4.78 is 0. The highest BCUT2D eigenvalue weighted by Crippen LogP contribution is 2.24. The molecule has 2 unspecified atom stereocenters. The topological polar surface area (TPSA) is 20.2 Å². The standard InChI is InChI=1S/C17H26O/c1-13(2)6-5-7-15(4)12-17(18)16-10-8-14(3)9-11-16/h6,8-11,15,17-18H,5,7,12H2,1-4H3. The van der Waals surface area contributed by atoms with E-state index in [0.29, 0.717) is 5.92 Å². The first-order chi connectivity index (χ1) is 8.49. The summed E-state index contributed by atoms with van der Waals surface area (Å²) in [5.74, 6) is 0.553. The molecule has 0 bridgehead atoms. The summed E-state index contributed by atoms with van der Waals surface area (Å²) in [7, 11) is 0. The lowest BCUT2D eigenvalue weighted by atomic mass is 9.94. The van der Waals surface area contributed by atoms with Gasteiger partial charge in [0.05, 0.1) is 6.10 Å². The van der Waals surface area contributed by atoms with E-state index in [4.69, 9.17) is 0 Å². The third kappa shape index (κ3) is 5.50. The molecular weight excluding hydrogens is 220 g/mol. The summed E-state index contributed by atoms with van der Waals surface area (Å²) in [6, 6.07) is 8.18. The van der Waals surface area contributed by atoms with Gasteiger partial charge < -0.3 is 5.11 Å². The Hall–Kier alpha value is -1.08. The zero-order valence-electron chi connectivity index (χ0n) is 12.1. The van der Waals surface area contributed by atoms with Crippen LogP contribution in [0.1, 0.15) is 57.3 Å². The molecule has 1 aromatic carbocycles. The molecular formula is C17H26O. The minimum Gasteiger partial charge on any atom is -0.388 e. The number of hydrogen-bond acceptors (Lipinski definition) is 1. The highest BCUT2D eigenvalue weighted by atomic mass is 16.3. The number of hydrogen-bond donors (Lipinski definition) is 1. The minimum absolute atomic E-state index is 0.327. The minimum atomic E-state index is -0.327. The van der Waals surface area contributed by atoms with Crippen LogP contribution in [0.2, 0.25) is 0 Å². The van der Waals surface area contributed by atoms with Crippen LogP contribution in [0.4, 0.5) is 0 Å². The molecule has 1 nitrogen and oxygen atoms in total. The normalized spacial score (nSPS) is 14.1. The van der Waals surface area contributed by atoms with Gasteiger partial charge in [-0.25, -0.2) is 0 Å². The number of aryl methyl sites for hydroxylation is 1. The predicted octanol–water partition coefficient (Wildman–Crippen LogP) is 4.80. The molecule has 0 fully saturated rings. The lowest BCUT2D eigenvalue weighted by molar-refractivity contribution is 0.145. The molecule has 0 aliphatic carbocycles. The smallest absolute Gasteiger partial charge is 0.0792 e. The fourth-order valence-electron chi connectivity index (χ4n) is 2.08. The van der Waals surface area contributed by atoms with Gasteiger partial charge in [-0.3, -0.25) is 0 Å². The Labute approximate surface area is 112 Å². The van der Waals surface area contributed by atoms with E-state index in [2.05, 4.69) is 45.9 Å². The Balaban J connectivity index is 2.41. The van der Waals surface area contributed by atoms with E-state index < -0.39 is 0 Å². The second-order valence-corrected chi connectivity index (χ2v) is 5.63. The summed E-state index contributed by atoms with van der Waals surface area (Å²) in [5, 5.41) is 10.2. The van der Waals surface area contributed by atoms with Crippen molar-refractivity contribution in [2.24, 2.45) is 5.92 Å². The van der Waals surface area contributed by atoms with Gasteiger partial charge in [-0.1, -0.05) is 48.4 Å². The number of aliphatic hydroxyl groups is 1. The molecule has 1 aromatic rings. The third-order valence-electron chi connectivity index (χ3n) is 3.30. The average molecular weight is 246 g/mol. The highest BCUT2D eigenvalue weighted by Gasteiger charge is 2.11. The quantitative estimate of drug-likeness (QED) is 0.715.